The third kappa shape index (κ3) is 3.14. The van der Waals surface area contributed by atoms with E-state index in [9.17, 15) is 5.11 Å². The van der Waals surface area contributed by atoms with E-state index in [0.29, 0.717) is 12.0 Å². The van der Waals surface area contributed by atoms with Crippen molar-refractivity contribution in [2.75, 3.05) is 30.3 Å². The normalized spacial score (nSPS) is 20.0. The smallest absolute Gasteiger partial charge is 0.0983 e. The Labute approximate surface area is 187 Å². The van der Waals surface area contributed by atoms with Crippen LogP contribution in [0.4, 0.5) is 11.4 Å². The van der Waals surface area contributed by atoms with Gasteiger partial charge in [0.05, 0.1) is 46.1 Å². The number of aromatic amines is 1. The van der Waals surface area contributed by atoms with E-state index < -0.39 is 0 Å². The fraction of sp³-hybridized carbons (Fsp3) is 0.440. The van der Waals surface area contributed by atoms with Gasteiger partial charge < -0.3 is 25.3 Å². The minimum Gasteiger partial charge on any atom is -0.396 e. The van der Waals surface area contributed by atoms with Crippen LogP contribution in [0.3, 0.4) is 0 Å². The number of benzene rings is 2. The standard InChI is InChI=1S/C25H30N6O/c26-23-22(30-9-8-16(12-30)13-32)11-19(24-25(23)28-14-27-24)17-6-7-21-20(10-17)29-15-31(21)18-4-2-1-3-5-18/h6-7,10-11,14-16,18,32H,1-5,8-9,12-13,26H2,(H,27,28)/t16-/m0/s1. The third-order valence-electron chi connectivity index (χ3n) is 7.46. The van der Waals surface area contributed by atoms with Crippen LogP contribution in [0.5, 0.6) is 0 Å². The van der Waals surface area contributed by atoms with Crippen LogP contribution < -0.4 is 10.6 Å². The lowest BCUT2D eigenvalue weighted by Gasteiger charge is -2.23. The molecule has 1 saturated carbocycles. The van der Waals surface area contributed by atoms with Crippen LogP contribution in [0, 0.1) is 5.92 Å². The summed E-state index contributed by atoms with van der Waals surface area (Å²) >= 11 is 0. The molecule has 0 unspecified atom stereocenters. The Kier molecular flexibility index (Phi) is 4.79. The van der Waals surface area contributed by atoms with Crippen LogP contribution in [0.15, 0.2) is 36.9 Å². The molecular weight excluding hydrogens is 400 g/mol. The van der Waals surface area contributed by atoms with Crippen molar-refractivity contribution in [3.05, 3.63) is 36.9 Å². The monoisotopic (exact) mass is 430 g/mol. The molecule has 0 amide bonds. The molecule has 7 heteroatoms. The molecule has 7 nitrogen and oxygen atoms in total. The molecule has 1 saturated heterocycles. The summed E-state index contributed by atoms with van der Waals surface area (Å²) in [6.45, 7) is 1.94. The zero-order chi connectivity index (χ0) is 21.7. The molecule has 2 aliphatic rings. The van der Waals surface area contributed by atoms with Crippen LogP contribution in [-0.2, 0) is 0 Å². The van der Waals surface area contributed by atoms with Gasteiger partial charge in [-0.25, -0.2) is 9.97 Å². The van der Waals surface area contributed by atoms with Gasteiger partial charge in [-0.05, 0) is 43.0 Å². The number of nitrogens with two attached hydrogens (primary N) is 1. The van der Waals surface area contributed by atoms with Crippen molar-refractivity contribution in [2.45, 2.75) is 44.6 Å². The topological polar surface area (TPSA) is 96.0 Å². The fourth-order valence-corrected chi connectivity index (χ4v) is 5.65. The van der Waals surface area contributed by atoms with Gasteiger partial charge in [-0.2, -0.15) is 0 Å². The number of hydrogen-bond acceptors (Lipinski definition) is 5. The Hall–Kier alpha value is -3.06. The molecule has 6 rings (SSSR count). The Bertz CT molecular complexity index is 1270. The quantitative estimate of drug-likeness (QED) is 0.415. The average molecular weight is 431 g/mol. The van der Waals surface area contributed by atoms with Crippen molar-refractivity contribution in [3.8, 4) is 11.1 Å². The van der Waals surface area contributed by atoms with E-state index in [-0.39, 0.29) is 6.61 Å². The number of nitrogen functional groups attached to an aromatic ring is 1. The second-order valence-corrected chi connectivity index (χ2v) is 9.41. The molecule has 4 aromatic rings. The van der Waals surface area contributed by atoms with Gasteiger partial charge in [0.1, 0.15) is 0 Å². The zero-order valence-corrected chi connectivity index (χ0v) is 18.3. The highest BCUT2D eigenvalue weighted by molar-refractivity contribution is 6.04. The number of aliphatic hydroxyl groups excluding tert-OH is 1. The maximum absolute atomic E-state index is 9.58. The Morgan fingerprint density at radius 2 is 1.97 bits per heavy atom. The summed E-state index contributed by atoms with van der Waals surface area (Å²) in [5.74, 6) is 0.301. The average Bonchev–Trinajstić information content (AvgIpc) is 3.59. The first kappa shape index (κ1) is 19.6. The van der Waals surface area contributed by atoms with Gasteiger partial charge in [0.2, 0.25) is 0 Å². The first-order chi connectivity index (χ1) is 15.7. The van der Waals surface area contributed by atoms with Crippen molar-refractivity contribution in [3.63, 3.8) is 0 Å². The van der Waals surface area contributed by atoms with Gasteiger partial charge in [0, 0.05) is 37.2 Å². The van der Waals surface area contributed by atoms with Crippen LogP contribution in [-0.4, -0.2) is 44.3 Å². The molecule has 0 spiro atoms. The van der Waals surface area contributed by atoms with Crippen LogP contribution in [0.2, 0.25) is 0 Å². The van der Waals surface area contributed by atoms with E-state index in [1.54, 1.807) is 6.33 Å². The van der Waals surface area contributed by atoms with Gasteiger partial charge in [0.25, 0.3) is 0 Å². The first-order valence-electron chi connectivity index (χ1n) is 11.8. The van der Waals surface area contributed by atoms with E-state index in [0.717, 1.165) is 58.6 Å². The van der Waals surface area contributed by atoms with E-state index in [2.05, 4.69) is 43.7 Å². The molecule has 2 fully saturated rings. The summed E-state index contributed by atoms with van der Waals surface area (Å²) in [4.78, 5) is 14.9. The number of aliphatic hydroxyl groups is 1. The van der Waals surface area contributed by atoms with Gasteiger partial charge in [-0.1, -0.05) is 25.3 Å². The maximum Gasteiger partial charge on any atom is 0.0983 e. The number of anilines is 2. The molecule has 166 valence electrons. The van der Waals surface area contributed by atoms with Crippen molar-refractivity contribution in [1.29, 1.82) is 0 Å². The van der Waals surface area contributed by atoms with E-state index >= 15 is 0 Å². The Balaban J connectivity index is 1.43. The van der Waals surface area contributed by atoms with Crippen molar-refractivity contribution >= 4 is 33.4 Å². The Morgan fingerprint density at radius 1 is 1.09 bits per heavy atom. The van der Waals surface area contributed by atoms with Crippen molar-refractivity contribution in [2.24, 2.45) is 5.92 Å². The fourth-order valence-electron chi connectivity index (χ4n) is 5.65. The van der Waals surface area contributed by atoms with Gasteiger partial charge >= 0.3 is 0 Å². The highest BCUT2D eigenvalue weighted by Crippen LogP contribution is 2.40. The predicted octanol–water partition coefficient (Wildman–Crippen LogP) is 4.49. The minimum atomic E-state index is 0.218. The number of fused-ring (bicyclic) bond motifs is 2. The van der Waals surface area contributed by atoms with Gasteiger partial charge in [0.15, 0.2) is 0 Å². The predicted molar refractivity (Wildman–Crippen MR) is 129 cm³/mol. The van der Waals surface area contributed by atoms with Crippen molar-refractivity contribution < 1.29 is 5.11 Å². The molecule has 3 heterocycles. The van der Waals surface area contributed by atoms with Crippen LogP contribution in [0.1, 0.15) is 44.6 Å². The van der Waals surface area contributed by atoms with Gasteiger partial charge in [-0.15, -0.1) is 0 Å². The number of imidazole rings is 2. The largest absolute Gasteiger partial charge is 0.396 e. The lowest BCUT2D eigenvalue weighted by atomic mass is 9.95. The number of nitrogens with one attached hydrogen (secondary N) is 1. The maximum atomic E-state index is 9.58. The van der Waals surface area contributed by atoms with E-state index in [1.165, 1.54) is 37.6 Å². The summed E-state index contributed by atoms with van der Waals surface area (Å²) in [6.07, 6.45) is 11.2. The number of aromatic nitrogens is 4. The minimum absolute atomic E-state index is 0.218. The van der Waals surface area contributed by atoms with E-state index in [4.69, 9.17) is 10.7 Å². The van der Waals surface area contributed by atoms with Crippen LogP contribution >= 0.6 is 0 Å². The zero-order valence-electron chi connectivity index (χ0n) is 18.3. The molecule has 32 heavy (non-hydrogen) atoms. The molecular formula is C25H30N6O. The summed E-state index contributed by atoms with van der Waals surface area (Å²) in [5, 5.41) is 9.58. The SMILES string of the molecule is Nc1c(N2CC[C@H](CO)C2)cc(-c2ccc3c(c2)ncn3C2CCCCC2)c2nc[nH]c12. The van der Waals surface area contributed by atoms with Crippen molar-refractivity contribution in [1.82, 2.24) is 19.5 Å². The highest BCUT2D eigenvalue weighted by atomic mass is 16.3. The van der Waals surface area contributed by atoms with Gasteiger partial charge in [-0.3, -0.25) is 0 Å². The lowest BCUT2D eigenvalue weighted by molar-refractivity contribution is 0.238. The summed E-state index contributed by atoms with van der Waals surface area (Å²) in [6, 6.07) is 9.30. The van der Waals surface area contributed by atoms with E-state index in [1.807, 2.05) is 6.33 Å². The molecule has 1 aliphatic carbocycles. The summed E-state index contributed by atoms with van der Waals surface area (Å²) in [7, 11) is 0. The number of rotatable bonds is 4. The summed E-state index contributed by atoms with van der Waals surface area (Å²) in [5.41, 5.74) is 14.5. The number of hydrogen-bond donors (Lipinski definition) is 3. The highest BCUT2D eigenvalue weighted by Gasteiger charge is 2.26. The third-order valence-corrected chi connectivity index (χ3v) is 7.46. The second kappa shape index (κ2) is 7.81. The molecule has 0 bridgehead atoms. The molecule has 2 aromatic carbocycles. The van der Waals surface area contributed by atoms with Crippen LogP contribution in [0.25, 0.3) is 33.2 Å². The lowest BCUT2D eigenvalue weighted by Crippen LogP contribution is -2.22. The molecule has 1 aliphatic heterocycles. The molecule has 2 aromatic heterocycles. The number of H-pyrrole nitrogens is 1. The number of nitrogens with zero attached hydrogens (tertiary/aromatic N) is 4. The Morgan fingerprint density at radius 3 is 2.78 bits per heavy atom. The second-order valence-electron chi connectivity index (χ2n) is 9.41. The first-order valence-corrected chi connectivity index (χ1v) is 11.8. The summed E-state index contributed by atoms with van der Waals surface area (Å²) < 4.78 is 2.37. The molecule has 4 N–H and O–H groups in total. The molecule has 1 atom stereocenters. The molecule has 0 radical (unpaired) electrons.